The first kappa shape index (κ1) is 21.6. The van der Waals surface area contributed by atoms with Gasteiger partial charge in [-0.3, -0.25) is 9.79 Å². The molecule has 5 rings (SSSR count). The molecule has 33 heavy (non-hydrogen) atoms. The molecule has 0 unspecified atom stereocenters. The molecule has 11 heteroatoms. The number of aromatic nitrogens is 3. The second-order valence-electron chi connectivity index (χ2n) is 7.97. The highest BCUT2D eigenvalue weighted by molar-refractivity contribution is 6.32. The fourth-order valence-electron chi connectivity index (χ4n) is 3.62. The topological polar surface area (TPSA) is 84.2 Å². The van der Waals surface area contributed by atoms with Crippen LogP contribution >= 0.6 is 11.6 Å². The van der Waals surface area contributed by atoms with E-state index in [1.807, 2.05) is 12.1 Å². The van der Waals surface area contributed by atoms with Gasteiger partial charge in [-0.05, 0) is 42.7 Å². The molecule has 0 saturated heterocycles. The van der Waals surface area contributed by atoms with Crippen LogP contribution in [0.2, 0.25) is 5.02 Å². The number of carbonyl (C=O) groups excluding carboxylic acids is 1. The lowest BCUT2D eigenvalue weighted by molar-refractivity contribution is -0.137. The number of hydrogen-bond donors (Lipinski definition) is 2. The predicted molar refractivity (Wildman–Crippen MR) is 117 cm³/mol. The van der Waals surface area contributed by atoms with Crippen molar-refractivity contribution in [2.24, 2.45) is 4.99 Å². The quantitative estimate of drug-likeness (QED) is 0.563. The van der Waals surface area contributed by atoms with Gasteiger partial charge in [0.15, 0.2) is 0 Å². The number of benzene rings is 2. The number of anilines is 1. The minimum Gasteiger partial charge on any atom is -0.324 e. The summed E-state index contributed by atoms with van der Waals surface area (Å²) >= 11 is 5.87. The maximum Gasteiger partial charge on any atom is 0.417 e. The molecule has 1 aliphatic carbocycles. The lowest BCUT2D eigenvalue weighted by Gasteiger charge is -2.12. The summed E-state index contributed by atoms with van der Waals surface area (Å²) in [5.74, 6) is -0.469. The number of nitrogens with zero attached hydrogens (tertiary/aromatic N) is 4. The molecule has 1 amide bonds. The zero-order valence-electron chi connectivity index (χ0n) is 17.2. The van der Waals surface area contributed by atoms with Crippen molar-refractivity contribution in [3.05, 3.63) is 64.4 Å². The van der Waals surface area contributed by atoms with Crippen LogP contribution in [-0.4, -0.2) is 32.7 Å². The number of alkyl halides is 3. The molecule has 0 atom stereocenters. The fraction of sp³-hybridized carbons (Fsp3) is 0.273. The van der Waals surface area contributed by atoms with Crippen molar-refractivity contribution < 1.29 is 18.0 Å². The Kier molecular flexibility index (Phi) is 5.41. The molecule has 1 aliphatic heterocycles. The van der Waals surface area contributed by atoms with Crippen molar-refractivity contribution in [1.29, 1.82) is 0 Å². The Bertz CT molecular complexity index is 1270. The maximum atomic E-state index is 13.2. The number of aliphatic imine (C=N–C) groups is 1. The Morgan fingerprint density at radius 1 is 1.21 bits per heavy atom. The maximum absolute atomic E-state index is 13.2. The number of carbonyl (C=O) groups is 1. The average Bonchev–Trinajstić information content (AvgIpc) is 3.50. The van der Waals surface area contributed by atoms with Crippen molar-refractivity contribution in [3.8, 4) is 5.69 Å². The summed E-state index contributed by atoms with van der Waals surface area (Å²) in [6.45, 7) is 0.624. The molecule has 3 aromatic rings. The number of fused-ring (bicyclic) bond motifs is 1. The van der Waals surface area contributed by atoms with Gasteiger partial charge in [-0.25, -0.2) is 4.68 Å². The second-order valence-corrected chi connectivity index (χ2v) is 8.38. The molecule has 0 spiro atoms. The molecular formula is C22H18ClF3N6O. The summed E-state index contributed by atoms with van der Waals surface area (Å²) in [7, 11) is 0. The van der Waals surface area contributed by atoms with Crippen molar-refractivity contribution in [2.45, 2.75) is 38.0 Å². The molecule has 1 aromatic heterocycles. The van der Waals surface area contributed by atoms with E-state index < -0.39 is 22.7 Å². The third kappa shape index (κ3) is 4.62. The van der Waals surface area contributed by atoms with Crippen LogP contribution in [0.3, 0.4) is 0 Å². The third-order valence-electron chi connectivity index (χ3n) is 5.44. The molecular weight excluding hydrogens is 457 g/mol. The van der Waals surface area contributed by atoms with E-state index in [-0.39, 0.29) is 17.8 Å². The summed E-state index contributed by atoms with van der Waals surface area (Å²) in [5.41, 5.74) is 1.76. The first-order chi connectivity index (χ1) is 15.8. The van der Waals surface area contributed by atoms with E-state index in [2.05, 4.69) is 25.9 Å². The Morgan fingerprint density at radius 2 is 2.03 bits per heavy atom. The summed E-state index contributed by atoms with van der Waals surface area (Å²) < 4.78 is 41.4. The minimum absolute atomic E-state index is 0.0346. The van der Waals surface area contributed by atoms with E-state index in [1.165, 1.54) is 0 Å². The Morgan fingerprint density at radius 3 is 2.79 bits per heavy atom. The Labute approximate surface area is 191 Å². The predicted octanol–water partition coefficient (Wildman–Crippen LogP) is 4.65. The van der Waals surface area contributed by atoms with E-state index in [0.717, 1.165) is 36.4 Å². The van der Waals surface area contributed by atoms with Crippen molar-refractivity contribution in [1.82, 2.24) is 20.3 Å². The van der Waals surface area contributed by atoms with Gasteiger partial charge in [0.2, 0.25) is 5.91 Å². The van der Waals surface area contributed by atoms with Crippen LogP contribution in [0.4, 0.5) is 24.5 Å². The van der Waals surface area contributed by atoms with Gasteiger partial charge in [0, 0.05) is 12.6 Å². The van der Waals surface area contributed by atoms with Gasteiger partial charge in [0.1, 0.15) is 0 Å². The highest BCUT2D eigenvalue weighted by Gasteiger charge is 2.35. The third-order valence-corrected chi connectivity index (χ3v) is 5.75. The number of halogens is 4. The van der Waals surface area contributed by atoms with Gasteiger partial charge in [-0.2, -0.15) is 13.2 Å². The lowest BCUT2D eigenvalue weighted by Crippen LogP contribution is -2.18. The zero-order chi connectivity index (χ0) is 23.2. The van der Waals surface area contributed by atoms with Crippen LogP contribution in [-0.2, 0) is 17.5 Å². The molecule has 0 bridgehead atoms. The SMILES string of the molecule is O=C1CC(c2cccc(-n3nncc3CNC3CC3)c2)=Nc2cc(Cl)c(C(F)(F)F)cc2N1. The number of amides is 1. The number of rotatable bonds is 5. The van der Waals surface area contributed by atoms with E-state index in [4.69, 9.17) is 11.6 Å². The molecule has 2 aromatic carbocycles. The molecule has 1 saturated carbocycles. The van der Waals surface area contributed by atoms with Gasteiger partial charge in [-0.15, -0.1) is 5.10 Å². The van der Waals surface area contributed by atoms with Crippen LogP contribution in [0.5, 0.6) is 0 Å². The molecule has 170 valence electrons. The Hall–Kier alpha value is -3.24. The van der Waals surface area contributed by atoms with Crippen molar-refractivity contribution in [3.63, 3.8) is 0 Å². The van der Waals surface area contributed by atoms with Gasteiger partial charge >= 0.3 is 6.18 Å². The van der Waals surface area contributed by atoms with Gasteiger partial charge in [0.25, 0.3) is 0 Å². The summed E-state index contributed by atoms with van der Waals surface area (Å²) in [5, 5.41) is 13.6. The van der Waals surface area contributed by atoms with E-state index in [0.29, 0.717) is 23.9 Å². The Balaban J connectivity index is 1.50. The van der Waals surface area contributed by atoms with Crippen LogP contribution in [0.15, 0.2) is 47.6 Å². The minimum atomic E-state index is -4.64. The largest absolute Gasteiger partial charge is 0.417 e. The van der Waals surface area contributed by atoms with Crippen LogP contribution in [0.1, 0.15) is 36.1 Å². The molecule has 7 nitrogen and oxygen atoms in total. The van der Waals surface area contributed by atoms with Crippen molar-refractivity contribution in [2.75, 3.05) is 5.32 Å². The smallest absolute Gasteiger partial charge is 0.324 e. The first-order valence-corrected chi connectivity index (χ1v) is 10.7. The summed E-state index contributed by atoms with van der Waals surface area (Å²) in [4.78, 5) is 16.9. The van der Waals surface area contributed by atoms with Crippen LogP contribution < -0.4 is 10.6 Å². The molecule has 2 aliphatic rings. The molecule has 1 fully saturated rings. The van der Waals surface area contributed by atoms with E-state index in [9.17, 15) is 18.0 Å². The van der Waals surface area contributed by atoms with Crippen LogP contribution in [0, 0.1) is 0 Å². The van der Waals surface area contributed by atoms with E-state index >= 15 is 0 Å². The number of nitrogens with one attached hydrogen (secondary N) is 2. The highest BCUT2D eigenvalue weighted by atomic mass is 35.5. The van der Waals surface area contributed by atoms with Gasteiger partial charge in [-0.1, -0.05) is 28.9 Å². The average molecular weight is 475 g/mol. The normalized spacial score (nSPS) is 16.1. The second kappa shape index (κ2) is 8.27. The number of hydrogen-bond acceptors (Lipinski definition) is 5. The summed E-state index contributed by atoms with van der Waals surface area (Å²) in [6, 6.07) is 9.72. The van der Waals surface area contributed by atoms with Gasteiger partial charge in [0.05, 0.1) is 51.7 Å². The summed E-state index contributed by atoms with van der Waals surface area (Å²) in [6.07, 6.45) is -0.739. The van der Waals surface area contributed by atoms with Gasteiger partial charge < -0.3 is 10.6 Å². The van der Waals surface area contributed by atoms with Crippen molar-refractivity contribution >= 4 is 34.6 Å². The molecule has 2 heterocycles. The van der Waals surface area contributed by atoms with Crippen LogP contribution in [0.25, 0.3) is 5.69 Å². The standard InChI is InChI=1S/C22H18ClF3N6O/c23-17-8-20-19(7-16(17)22(24,25)26)30-21(33)9-18(29-20)12-2-1-3-14(6-12)32-15(11-28-31-32)10-27-13-4-5-13/h1-3,6-8,11,13,27H,4-5,9-10H2,(H,30,33). The fourth-order valence-corrected chi connectivity index (χ4v) is 3.88. The first-order valence-electron chi connectivity index (χ1n) is 10.3. The monoisotopic (exact) mass is 474 g/mol. The molecule has 2 N–H and O–H groups in total. The lowest BCUT2D eigenvalue weighted by atomic mass is 10.1. The van der Waals surface area contributed by atoms with E-state index in [1.54, 1.807) is 23.0 Å². The molecule has 0 radical (unpaired) electrons. The zero-order valence-corrected chi connectivity index (χ0v) is 17.9. The highest BCUT2D eigenvalue weighted by Crippen LogP contribution is 2.41.